The fourth-order valence-electron chi connectivity index (χ4n) is 3.36. The first-order valence-corrected chi connectivity index (χ1v) is 7.93. The molecule has 0 amide bonds. The summed E-state index contributed by atoms with van der Waals surface area (Å²) in [6, 6.07) is 13.4. The van der Waals surface area contributed by atoms with Crippen LogP contribution in [0.1, 0.15) is 5.69 Å². The zero-order chi connectivity index (χ0) is 15.8. The number of rotatable bonds is 2. The van der Waals surface area contributed by atoms with E-state index in [1.807, 2.05) is 6.07 Å². The van der Waals surface area contributed by atoms with E-state index in [9.17, 15) is 4.39 Å². The number of fused-ring (bicyclic) bond motifs is 3. The number of hydrogen-bond donors (Lipinski definition) is 1. The molecule has 3 nitrogen and oxygen atoms in total. The standard InChI is InChI=1S/C19H19FN2O/c1-23-16-3-4-17(18(20)12-16)13-2-5-19-14(10-13)11-15-6-7-21-8-9-22(15)19/h2-5,10-12,21H,6-9H2,1H3. The Balaban J connectivity index is 1.80. The van der Waals surface area contributed by atoms with Crippen LogP contribution in [0.2, 0.25) is 0 Å². The highest BCUT2D eigenvalue weighted by Crippen LogP contribution is 2.30. The fraction of sp³-hybridized carbons (Fsp3) is 0.263. The molecule has 4 heteroatoms. The van der Waals surface area contributed by atoms with Gasteiger partial charge in [0.15, 0.2) is 0 Å². The Bertz CT molecular complexity index is 869. The molecule has 1 N–H and O–H groups in total. The van der Waals surface area contributed by atoms with Crippen molar-refractivity contribution in [1.29, 1.82) is 0 Å². The van der Waals surface area contributed by atoms with Gasteiger partial charge in [0.1, 0.15) is 11.6 Å². The number of aromatic nitrogens is 1. The third-order valence-corrected chi connectivity index (χ3v) is 4.54. The zero-order valence-corrected chi connectivity index (χ0v) is 13.1. The number of ether oxygens (including phenoxy) is 1. The molecule has 0 radical (unpaired) electrons. The molecule has 2 aromatic carbocycles. The van der Waals surface area contributed by atoms with Crippen LogP contribution in [-0.4, -0.2) is 24.8 Å². The first kappa shape index (κ1) is 14.3. The van der Waals surface area contributed by atoms with Crippen LogP contribution in [0, 0.1) is 5.82 Å². The van der Waals surface area contributed by atoms with Crippen molar-refractivity contribution in [2.75, 3.05) is 20.2 Å². The summed E-state index contributed by atoms with van der Waals surface area (Å²) >= 11 is 0. The quantitative estimate of drug-likeness (QED) is 0.783. The van der Waals surface area contributed by atoms with Gasteiger partial charge >= 0.3 is 0 Å². The molecule has 0 spiro atoms. The molecule has 0 saturated carbocycles. The summed E-state index contributed by atoms with van der Waals surface area (Å²) in [7, 11) is 1.55. The van der Waals surface area contributed by atoms with E-state index in [0.717, 1.165) is 31.6 Å². The average Bonchev–Trinajstić information content (AvgIpc) is 2.75. The van der Waals surface area contributed by atoms with Crippen molar-refractivity contribution in [3.63, 3.8) is 0 Å². The van der Waals surface area contributed by atoms with Gasteiger partial charge in [-0.05, 0) is 35.9 Å². The second kappa shape index (κ2) is 5.70. The van der Waals surface area contributed by atoms with E-state index in [1.165, 1.54) is 22.7 Å². The van der Waals surface area contributed by atoms with Gasteiger partial charge in [0, 0.05) is 54.3 Å². The van der Waals surface area contributed by atoms with Crippen molar-refractivity contribution < 1.29 is 9.13 Å². The van der Waals surface area contributed by atoms with E-state index in [2.05, 4.69) is 28.1 Å². The second-order valence-corrected chi connectivity index (χ2v) is 5.91. The van der Waals surface area contributed by atoms with Gasteiger partial charge in [-0.1, -0.05) is 6.07 Å². The number of halogens is 1. The first-order valence-electron chi connectivity index (χ1n) is 7.93. The molecule has 0 bridgehead atoms. The minimum Gasteiger partial charge on any atom is -0.497 e. The predicted molar refractivity (Wildman–Crippen MR) is 90.5 cm³/mol. The Labute approximate surface area is 134 Å². The summed E-state index contributed by atoms with van der Waals surface area (Å²) in [4.78, 5) is 0. The number of benzene rings is 2. The molecule has 0 atom stereocenters. The van der Waals surface area contributed by atoms with Crippen molar-refractivity contribution >= 4 is 10.9 Å². The maximum atomic E-state index is 14.3. The molecule has 1 aliphatic rings. The van der Waals surface area contributed by atoms with Gasteiger partial charge in [-0.3, -0.25) is 0 Å². The number of nitrogens with zero attached hydrogens (tertiary/aromatic N) is 1. The van der Waals surface area contributed by atoms with Crippen molar-refractivity contribution in [3.8, 4) is 16.9 Å². The summed E-state index contributed by atoms with van der Waals surface area (Å²) in [6.45, 7) is 2.98. The van der Waals surface area contributed by atoms with Gasteiger partial charge in [-0.2, -0.15) is 0 Å². The van der Waals surface area contributed by atoms with Crippen LogP contribution in [0.4, 0.5) is 4.39 Å². The highest BCUT2D eigenvalue weighted by atomic mass is 19.1. The predicted octanol–water partition coefficient (Wildman–Crippen LogP) is 3.60. The van der Waals surface area contributed by atoms with Crippen LogP contribution in [0.3, 0.4) is 0 Å². The summed E-state index contributed by atoms with van der Waals surface area (Å²) in [5, 5.41) is 4.59. The largest absolute Gasteiger partial charge is 0.497 e. The molecule has 0 unspecified atom stereocenters. The molecule has 0 saturated heterocycles. The van der Waals surface area contributed by atoms with E-state index in [1.54, 1.807) is 19.2 Å². The van der Waals surface area contributed by atoms with Gasteiger partial charge in [0.05, 0.1) is 7.11 Å². The molecule has 2 heterocycles. The Hall–Kier alpha value is -2.33. The Morgan fingerprint density at radius 3 is 2.83 bits per heavy atom. The van der Waals surface area contributed by atoms with E-state index < -0.39 is 0 Å². The van der Waals surface area contributed by atoms with E-state index in [0.29, 0.717) is 11.3 Å². The molecular weight excluding hydrogens is 291 g/mol. The molecule has 1 aromatic heterocycles. The molecule has 1 aliphatic heterocycles. The monoisotopic (exact) mass is 310 g/mol. The highest BCUT2D eigenvalue weighted by Gasteiger charge is 2.13. The normalized spacial score (nSPS) is 14.5. The van der Waals surface area contributed by atoms with E-state index in [-0.39, 0.29) is 5.82 Å². The zero-order valence-electron chi connectivity index (χ0n) is 13.1. The van der Waals surface area contributed by atoms with Crippen LogP contribution in [0.25, 0.3) is 22.0 Å². The first-order chi connectivity index (χ1) is 11.3. The summed E-state index contributed by atoms with van der Waals surface area (Å²) in [6.07, 6.45) is 1.03. The smallest absolute Gasteiger partial charge is 0.134 e. The molecule has 3 aromatic rings. The minimum absolute atomic E-state index is 0.256. The molecule has 23 heavy (non-hydrogen) atoms. The molecule has 118 valence electrons. The number of methoxy groups -OCH3 is 1. The lowest BCUT2D eigenvalue weighted by atomic mass is 10.0. The lowest BCUT2D eigenvalue weighted by Crippen LogP contribution is -2.17. The Kier molecular flexibility index (Phi) is 3.54. The maximum absolute atomic E-state index is 14.3. The lowest BCUT2D eigenvalue weighted by Gasteiger charge is -2.08. The van der Waals surface area contributed by atoms with Gasteiger partial charge in [-0.25, -0.2) is 4.39 Å². The third kappa shape index (κ3) is 2.49. The molecular formula is C19H19FN2O. The van der Waals surface area contributed by atoms with Gasteiger partial charge < -0.3 is 14.6 Å². The SMILES string of the molecule is COc1ccc(-c2ccc3c(c2)cc2n3CCNCC2)c(F)c1. The Morgan fingerprint density at radius 2 is 2.00 bits per heavy atom. The van der Waals surface area contributed by atoms with Crippen LogP contribution in [0.5, 0.6) is 5.75 Å². The molecule has 0 aliphatic carbocycles. The Morgan fingerprint density at radius 1 is 1.09 bits per heavy atom. The summed E-state index contributed by atoms with van der Waals surface area (Å²) < 4.78 is 21.7. The van der Waals surface area contributed by atoms with Crippen LogP contribution >= 0.6 is 0 Å². The lowest BCUT2D eigenvalue weighted by molar-refractivity contribution is 0.411. The molecule has 4 rings (SSSR count). The van der Waals surface area contributed by atoms with Crippen LogP contribution in [0.15, 0.2) is 42.5 Å². The minimum atomic E-state index is -0.256. The topological polar surface area (TPSA) is 26.2 Å². The van der Waals surface area contributed by atoms with E-state index in [4.69, 9.17) is 4.74 Å². The second-order valence-electron chi connectivity index (χ2n) is 5.91. The van der Waals surface area contributed by atoms with Crippen LogP contribution < -0.4 is 10.1 Å². The van der Waals surface area contributed by atoms with E-state index >= 15 is 0 Å². The summed E-state index contributed by atoms with van der Waals surface area (Å²) in [5.41, 5.74) is 4.08. The molecule has 0 fully saturated rings. The van der Waals surface area contributed by atoms with Gasteiger partial charge in [-0.15, -0.1) is 0 Å². The van der Waals surface area contributed by atoms with Crippen molar-refractivity contribution in [2.24, 2.45) is 0 Å². The summed E-state index contributed by atoms with van der Waals surface area (Å²) in [5.74, 6) is 0.282. The van der Waals surface area contributed by atoms with Gasteiger partial charge in [0.25, 0.3) is 0 Å². The third-order valence-electron chi connectivity index (χ3n) is 4.54. The average molecular weight is 310 g/mol. The van der Waals surface area contributed by atoms with Crippen molar-refractivity contribution in [2.45, 2.75) is 13.0 Å². The highest BCUT2D eigenvalue weighted by molar-refractivity contribution is 5.86. The van der Waals surface area contributed by atoms with Gasteiger partial charge in [0.2, 0.25) is 0 Å². The number of hydrogen-bond acceptors (Lipinski definition) is 2. The van der Waals surface area contributed by atoms with Crippen LogP contribution in [-0.2, 0) is 13.0 Å². The maximum Gasteiger partial charge on any atom is 0.134 e. The fourth-order valence-corrected chi connectivity index (χ4v) is 3.36. The number of nitrogens with one attached hydrogen (secondary N) is 1. The van der Waals surface area contributed by atoms with Crippen molar-refractivity contribution in [1.82, 2.24) is 9.88 Å². The van der Waals surface area contributed by atoms with Crippen molar-refractivity contribution in [3.05, 3.63) is 54.0 Å².